The first kappa shape index (κ1) is 45.7. The van der Waals surface area contributed by atoms with Crippen LogP contribution in [0.2, 0.25) is 0 Å². The first-order valence-corrected chi connectivity index (χ1v) is 26.0. The monoisotopic (exact) mass is 871 g/mol. The van der Waals surface area contributed by atoms with Crippen molar-refractivity contribution in [1.82, 2.24) is 29.6 Å². The lowest BCUT2D eigenvalue weighted by Gasteiger charge is -2.48. The van der Waals surface area contributed by atoms with Gasteiger partial charge in [0.25, 0.3) is 0 Å². The third-order valence-corrected chi connectivity index (χ3v) is 17.7. The summed E-state index contributed by atoms with van der Waals surface area (Å²) in [6.07, 6.45) is 27.0. The number of ketones is 1. The zero-order valence-electron chi connectivity index (χ0n) is 36.8. The molecular formula is C47H79ClN8OS2. The molecule has 4 heterocycles. The Morgan fingerprint density at radius 2 is 1.02 bits per heavy atom. The van der Waals surface area contributed by atoms with Crippen LogP contribution in [0.3, 0.4) is 0 Å². The summed E-state index contributed by atoms with van der Waals surface area (Å²) in [5.41, 5.74) is 14.8. The predicted molar refractivity (Wildman–Crippen MR) is 250 cm³/mol. The maximum Gasteiger partial charge on any atom is 0.180 e. The second-order valence-electron chi connectivity index (χ2n) is 19.7. The van der Waals surface area contributed by atoms with Gasteiger partial charge in [0.05, 0.1) is 23.5 Å². The van der Waals surface area contributed by atoms with Crippen molar-refractivity contribution in [1.29, 1.82) is 0 Å². The number of thiazole rings is 2. The van der Waals surface area contributed by atoms with Crippen LogP contribution in [0.1, 0.15) is 151 Å². The van der Waals surface area contributed by atoms with E-state index in [0.717, 1.165) is 62.1 Å². The summed E-state index contributed by atoms with van der Waals surface area (Å²) < 4.78 is 0. The highest BCUT2D eigenvalue weighted by Crippen LogP contribution is 2.39. The summed E-state index contributed by atoms with van der Waals surface area (Å²) in [5.74, 6) is 3.14. The molecule has 4 N–H and O–H groups in total. The smallest absolute Gasteiger partial charge is 0.180 e. The van der Waals surface area contributed by atoms with E-state index in [1.807, 2.05) is 0 Å². The van der Waals surface area contributed by atoms with Crippen LogP contribution in [0.25, 0.3) is 0 Å². The van der Waals surface area contributed by atoms with E-state index in [9.17, 15) is 0 Å². The standard InChI is InChI=1S/C47H78N8OS2.ClH/c1-3-23-54(37-15-17-39-41(29-37)57-46(48)50-39)31-33-19-25-52(26-20-33)43(35-11-7-5-8-12-35)45(56)44(36-13-9-6-10-14-36)53-27-21-34(22-28-53)32-55(24-4-2)38-16-18-40-42(30-38)58-47(49)51-40;/h33-38,43-44H,3-32H2,1-2H3,(H2,48,50)(H2,49,51);1H/t37?,38?,43-,44-;/m0./s1. The molecule has 2 aliphatic heterocycles. The normalized spacial score (nSPS) is 25.8. The van der Waals surface area contributed by atoms with E-state index in [4.69, 9.17) is 11.5 Å². The first-order valence-electron chi connectivity index (χ1n) is 24.3. The number of hydrogen-bond acceptors (Lipinski definition) is 11. The van der Waals surface area contributed by atoms with Crippen molar-refractivity contribution < 1.29 is 4.79 Å². The van der Waals surface area contributed by atoms with Gasteiger partial charge in [0.1, 0.15) is 0 Å². The molecular weight excluding hydrogens is 792 g/mol. The molecule has 4 aliphatic carbocycles. The molecule has 2 saturated carbocycles. The number of nitrogens with two attached hydrogens (primary N) is 2. The molecule has 2 saturated heterocycles. The molecule has 0 spiro atoms. The number of Topliss-reactive ketones (excluding diaryl/α,β-unsaturated/α-hetero) is 1. The van der Waals surface area contributed by atoms with Crippen molar-refractivity contribution in [2.45, 2.75) is 179 Å². The van der Waals surface area contributed by atoms with Crippen molar-refractivity contribution in [2.75, 3.05) is 63.8 Å². The number of halogens is 1. The lowest BCUT2D eigenvalue weighted by molar-refractivity contribution is -0.136. The minimum atomic E-state index is 0. The van der Waals surface area contributed by atoms with Crippen molar-refractivity contribution >= 4 is 51.1 Å². The fourth-order valence-electron chi connectivity index (χ4n) is 12.8. The number of nitrogens with zero attached hydrogens (tertiary/aromatic N) is 6. The van der Waals surface area contributed by atoms with Crippen LogP contribution in [0.4, 0.5) is 10.3 Å². The Balaban J connectivity index is 0.00000528. The molecule has 332 valence electrons. The van der Waals surface area contributed by atoms with Gasteiger partial charge in [-0.3, -0.25) is 24.4 Å². The molecule has 12 heteroatoms. The van der Waals surface area contributed by atoms with Gasteiger partial charge in [-0.15, -0.1) is 35.1 Å². The molecule has 0 bridgehead atoms. The third-order valence-electron chi connectivity index (χ3n) is 15.8. The number of aromatic nitrogens is 2. The molecule has 2 aromatic rings. The number of carbonyl (C=O) groups excluding carboxylic acids is 1. The Morgan fingerprint density at radius 1 is 0.627 bits per heavy atom. The quantitative estimate of drug-likeness (QED) is 0.171. The number of piperidine rings is 2. The van der Waals surface area contributed by atoms with Gasteiger partial charge in [-0.25, -0.2) is 9.97 Å². The fourth-order valence-corrected chi connectivity index (χ4v) is 14.7. The lowest BCUT2D eigenvalue weighted by Crippen LogP contribution is -2.59. The summed E-state index contributed by atoms with van der Waals surface area (Å²) in [7, 11) is 0. The zero-order valence-corrected chi connectivity index (χ0v) is 39.3. The van der Waals surface area contributed by atoms with Crippen LogP contribution < -0.4 is 11.5 Å². The highest BCUT2D eigenvalue weighted by molar-refractivity contribution is 7.15. The van der Waals surface area contributed by atoms with Crippen molar-refractivity contribution in [3.8, 4) is 0 Å². The third kappa shape index (κ3) is 11.3. The number of anilines is 2. The number of nitrogen functional groups attached to an aromatic ring is 2. The van der Waals surface area contributed by atoms with Gasteiger partial charge < -0.3 is 11.5 Å². The molecule has 8 rings (SSSR count). The molecule has 0 radical (unpaired) electrons. The second kappa shape index (κ2) is 21.8. The fraction of sp³-hybridized carbons (Fsp3) is 0.851. The summed E-state index contributed by atoms with van der Waals surface area (Å²) in [4.78, 5) is 38.9. The Kier molecular flexibility index (Phi) is 16.9. The molecule has 6 aliphatic rings. The van der Waals surface area contributed by atoms with E-state index in [0.29, 0.717) is 41.5 Å². The Bertz CT molecular complexity index is 1480. The first-order chi connectivity index (χ1) is 28.4. The minimum absolute atomic E-state index is 0. The largest absolute Gasteiger partial charge is 0.375 e. The molecule has 2 aromatic heterocycles. The molecule has 2 unspecified atom stereocenters. The Morgan fingerprint density at radius 3 is 1.39 bits per heavy atom. The van der Waals surface area contributed by atoms with E-state index in [1.54, 1.807) is 22.7 Å². The van der Waals surface area contributed by atoms with Gasteiger partial charge in [-0.05, 0) is 166 Å². The predicted octanol–water partition coefficient (Wildman–Crippen LogP) is 8.92. The minimum Gasteiger partial charge on any atom is -0.375 e. The highest BCUT2D eigenvalue weighted by atomic mass is 35.5. The van der Waals surface area contributed by atoms with Crippen LogP contribution in [0.5, 0.6) is 0 Å². The topological polar surface area (TPSA) is 108 Å². The molecule has 59 heavy (non-hydrogen) atoms. The molecule has 4 atom stereocenters. The van der Waals surface area contributed by atoms with Crippen molar-refractivity contribution in [3.63, 3.8) is 0 Å². The van der Waals surface area contributed by atoms with Gasteiger partial charge in [-0.1, -0.05) is 52.4 Å². The lowest BCUT2D eigenvalue weighted by atomic mass is 9.74. The van der Waals surface area contributed by atoms with Crippen LogP contribution in [-0.4, -0.2) is 112 Å². The van der Waals surface area contributed by atoms with Crippen LogP contribution in [-0.2, 0) is 30.5 Å². The van der Waals surface area contributed by atoms with E-state index in [-0.39, 0.29) is 24.5 Å². The summed E-state index contributed by atoms with van der Waals surface area (Å²) in [6.45, 7) is 13.8. The van der Waals surface area contributed by atoms with Crippen LogP contribution >= 0.6 is 35.1 Å². The van der Waals surface area contributed by atoms with Gasteiger partial charge in [-0.2, -0.15) is 0 Å². The van der Waals surface area contributed by atoms with E-state index in [2.05, 4.69) is 43.4 Å². The summed E-state index contributed by atoms with van der Waals surface area (Å²) >= 11 is 3.43. The van der Waals surface area contributed by atoms with Gasteiger partial charge in [0.2, 0.25) is 0 Å². The Hall–Kier alpha value is -1.34. The number of carbonyl (C=O) groups is 1. The maximum absolute atomic E-state index is 15.6. The Labute approximate surface area is 371 Å². The summed E-state index contributed by atoms with van der Waals surface area (Å²) in [6, 6.07) is 1.44. The van der Waals surface area contributed by atoms with Crippen LogP contribution in [0, 0.1) is 23.7 Å². The van der Waals surface area contributed by atoms with Crippen molar-refractivity contribution in [3.05, 3.63) is 21.1 Å². The van der Waals surface area contributed by atoms with E-state index >= 15 is 4.79 Å². The average molecular weight is 872 g/mol. The zero-order chi connectivity index (χ0) is 40.0. The van der Waals surface area contributed by atoms with E-state index in [1.165, 1.54) is 163 Å². The molecule has 0 amide bonds. The highest BCUT2D eigenvalue weighted by Gasteiger charge is 2.45. The number of aryl methyl sites for hydroxylation is 2. The number of likely N-dealkylation sites (tertiary alicyclic amines) is 2. The number of rotatable bonds is 16. The van der Waals surface area contributed by atoms with Gasteiger partial charge in [0.15, 0.2) is 16.0 Å². The van der Waals surface area contributed by atoms with Crippen LogP contribution in [0.15, 0.2) is 0 Å². The number of hydrogen-bond donors (Lipinski definition) is 2. The maximum atomic E-state index is 15.6. The molecule has 4 fully saturated rings. The van der Waals surface area contributed by atoms with Crippen molar-refractivity contribution in [2.24, 2.45) is 23.7 Å². The van der Waals surface area contributed by atoms with E-state index < -0.39 is 0 Å². The SMILES string of the molecule is CCCN(CC1CCN([C@H](C(=O)[C@H](C2CCCCC2)N2CCC(CN(CCC)C3CCc4nc(N)sc4C3)CC2)C2CCCCC2)CC1)C1CCc2nc(N)sc2C1.Cl. The molecule has 9 nitrogen and oxygen atoms in total. The second-order valence-corrected chi connectivity index (χ2v) is 21.9. The van der Waals surface area contributed by atoms with Gasteiger partial charge in [0, 0.05) is 34.9 Å². The van der Waals surface area contributed by atoms with Gasteiger partial charge >= 0.3 is 0 Å². The molecule has 0 aromatic carbocycles. The summed E-state index contributed by atoms with van der Waals surface area (Å²) in [5, 5.41) is 1.48. The average Bonchev–Trinajstić information content (AvgIpc) is 3.82. The number of fused-ring (bicyclic) bond motifs is 2.